The van der Waals surface area contributed by atoms with Crippen molar-refractivity contribution in [1.82, 2.24) is 4.72 Å². The molecule has 0 aromatic carbocycles. The summed E-state index contributed by atoms with van der Waals surface area (Å²) in [5, 5.41) is 0. The van der Waals surface area contributed by atoms with E-state index in [9.17, 15) is 8.42 Å². The Hall–Kier alpha value is -0.0900. The second-order valence-corrected chi connectivity index (χ2v) is 6.29. The van der Waals surface area contributed by atoms with Crippen LogP contribution in [0.25, 0.3) is 0 Å². The highest BCUT2D eigenvalue weighted by molar-refractivity contribution is 7.90. The summed E-state index contributed by atoms with van der Waals surface area (Å²) >= 11 is 0. The van der Waals surface area contributed by atoms with E-state index in [2.05, 4.69) is 4.72 Å². The fourth-order valence-electron chi connectivity index (χ4n) is 1.93. The topological polar surface area (TPSA) is 46.2 Å². The smallest absolute Gasteiger partial charge is 0.215 e. The molecule has 3 nitrogen and oxygen atoms in total. The van der Waals surface area contributed by atoms with E-state index >= 15 is 0 Å². The number of nitrogens with one attached hydrogen (secondary N) is 1. The third kappa shape index (κ3) is 2.23. The van der Waals surface area contributed by atoms with E-state index in [1.807, 2.05) is 13.8 Å². The third-order valence-electron chi connectivity index (χ3n) is 2.89. The van der Waals surface area contributed by atoms with Gasteiger partial charge in [0.15, 0.2) is 0 Å². The lowest BCUT2D eigenvalue weighted by Crippen LogP contribution is -2.45. The summed E-state index contributed by atoms with van der Waals surface area (Å²) in [4.78, 5) is 0. The summed E-state index contributed by atoms with van der Waals surface area (Å²) in [5.41, 5.74) is 0. The van der Waals surface area contributed by atoms with E-state index in [0.29, 0.717) is 6.54 Å². The van der Waals surface area contributed by atoms with Gasteiger partial charge < -0.3 is 0 Å². The van der Waals surface area contributed by atoms with E-state index < -0.39 is 14.8 Å². The number of rotatable bonds is 3. The predicted molar refractivity (Wildman–Crippen MR) is 54.1 cm³/mol. The van der Waals surface area contributed by atoms with Crippen LogP contribution in [0.1, 0.15) is 46.0 Å². The summed E-state index contributed by atoms with van der Waals surface area (Å²) in [6.45, 7) is 4.19. The van der Waals surface area contributed by atoms with Gasteiger partial charge in [-0.2, -0.15) is 0 Å². The van der Waals surface area contributed by atoms with Gasteiger partial charge in [-0.05, 0) is 19.8 Å². The maximum atomic E-state index is 11.8. The van der Waals surface area contributed by atoms with E-state index in [1.54, 1.807) is 0 Å². The van der Waals surface area contributed by atoms with Gasteiger partial charge in [-0.1, -0.05) is 26.2 Å². The molecule has 0 atom stereocenters. The normalized spacial score (nSPS) is 22.9. The van der Waals surface area contributed by atoms with Crippen LogP contribution in [0.3, 0.4) is 0 Å². The molecule has 4 heteroatoms. The molecule has 0 amide bonds. The van der Waals surface area contributed by atoms with Gasteiger partial charge in [0.1, 0.15) is 0 Å². The Morgan fingerprint density at radius 3 is 2.23 bits per heavy atom. The van der Waals surface area contributed by atoms with Crippen LogP contribution >= 0.6 is 0 Å². The van der Waals surface area contributed by atoms with Gasteiger partial charge in [-0.15, -0.1) is 0 Å². The Morgan fingerprint density at radius 1 is 1.23 bits per heavy atom. The molecule has 1 rings (SSSR count). The van der Waals surface area contributed by atoms with Crippen LogP contribution in [0.5, 0.6) is 0 Å². The van der Waals surface area contributed by atoms with Crippen LogP contribution in [-0.4, -0.2) is 19.7 Å². The van der Waals surface area contributed by atoms with Gasteiger partial charge in [0.2, 0.25) is 10.0 Å². The molecular formula is C9H19NO2S. The number of hydrogen-bond acceptors (Lipinski definition) is 2. The number of sulfonamides is 1. The molecule has 78 valence electrons. The van der Waals surface area contributed by atoms with Crippen LogP contribution in [0, 0.1) is 0 Å². The Balaban J connectivity index is 2.77. The minimum absolute atomic E-state index is 0.498. The first-order valence-corrected chi connectivity index (χ1v) is 6.49. The molecule has 0 spiro atoms. The van der Waals surface area contributed by atoms with Crippen LogP contribution in [-0.2, 0) is 10.0 Å². The van der Waals surface area contributed by atoms with Crippen molar-refractivity contribution >= 4 is 10.0 Å². The first-order chi connectivity index (χ1) is 6.02. The predicted octanol–water partition coefficient (Wildman–Crippen LogP) is 1.65. The summed E-state index contributed by atoms with van der Waals surface area (Å²) in [5.74, 6) is 0. The zero-order chi connectivity index (χ0) is 9.95. The Labute approximate surface area is 81.0 Å². The quantitative estimate of drug-likeness (QED) is 0.761. The summed E-state index contributed by atoms with van der Waals surface area (Å²) < 4.78 is 25.7. The molecule has 0 saturated heterocycles. The molecule has 1 fully saturated rings. The van der Waals surface area contributed by atoms with Crippen molar-refractivity contribution in [1.29, 1.82) is 0 Å². The van der Waals surface area contributed by atoms with Crippen molar-refractivity contribution in [2.24, 2.45) is 0 Å². The molecule has 0 unspecified atom stereocenters. The first kappa shape index (κ1) is 11.0. The van der Waals surface area contributed by atoms with Crippen molar-refractivity contribution in [3.05, 3.63) is 0 Å². The zero-order valence-corrected chi connectivity index (χ0v) is 9.28. The van der Waals surface area contributed by atoms with Crippen LogP contribution in [0.4, 0.5) is 0 Å². The molecule has 0 aromatic heterocycles. The zero-order valence-electron chi connectivity index (χ0n) is 8.47. The second kappa shape index (κ2) is 3.96. The van der Waals surface area contributed by atoms with Gasteiger partial charge >= 0.3 is 0 Å². The van der Waals surface area contributed by atoms with E-state index in [4.69, 9.17) is 0 Å². The van der Waals surface area contributed by atoms with Crippen LogP contribution < -0.4 is 4.72 Å². The Kier molecular flexibility index (Phi) is 3.35. The minimum atomic E-state index is -3.08. The molecule has 0 aromatic rings. The average Bonchev–Trinajstić information content (AvgIpc) is 2.05. The largest absolute Gasteiger partial charge is 0.217 e. The molecule has 0 aliphatic heterocycles. The molecule has 13 heavy (non-hydrogen) atoms. The Morgan fingerprint density at radius 2 is 1.77 bits per heavy atom. The van der Waals surface area contributed by atoms with E-state index in [-0.39, 0.29) is 0 Å². The van der Waals surface area contributed by atoms with Crippen molar-refractivity contribution in [3.8, 4) is 0 Å². The monoisotopic (exact) mass is 205 g/mol. The summed E-state index contributed by atoms with van der Waals surface area (Å²) in [6.07, 6.45) is 4.88. The van der Waals surface area contributed by atoms with Crippen molar-refractivity contribution in [2.75, 3.05) is 6.54 Å². The molecule has 1 saturated carbocycles. The summed E-state index contributed by atoms with van der Waals surface area (Å²) in [7, 11) is -3.08. The van der Waals surface area contributed by atoms with E-state index in [1.165, 1.54) is 6.42 Å². The molecule has 0 radical (unpaired) electrons. The fourth-order valence-corrected chi connectivity index (χ4v) is 3.49. The van der Waals surface area contributed by atoms with Crippen LogP contribution in [0.2, 0.25) is 0 Å². The first-order valence-electron chi connectivity index (χ1n) is 5.01. The second-order valence-electron chi connectivity index (χ2n) is 4.01. The Bertz CT molecular complexity index is 253. The molecule has 0 heterocycles. The molecule has 1 aliphatic carbocycles. The minimum Gasteiger partial charge on any atom is -0.215 e. The van der Waals surface area contributed by atoms with Crippen molar-refractivity contribution in [2.45, 2.75) is 50.7 Å². The molecular weight excluding hydrogens is 186 g/mol. The van der Waals surface area contributed by atoms with Gasteiger partial charge in [0.05, 0.1) is 4.75 Å². The highest BCUT2D eigenvalue weighted by atomic mass is 32.2. The number of hydrogen-bond donors (Lipinski definition) is 1. The maximum absolute atomic E-state index is 11.8. The SMILES string of the molecule is CCNS(=O)(=O)C1(C)CCCCC1. The van der Waals surface area contributed by atoms with Gasteiger partial charge in [-0.25, -0.2) is 13.1 Å². The van der Waals surface area contributed by atoms with Crippen molar-refractivity contribution in [3.63, 3.8) is 0 Å². The molecule has 0 bridgehead atoms. The summed E-state index contributed by atoms with van der Waals surface area (Å²) in [6, 6.07) is 0. The standard InChI is InChI=1S/C9H19NO2S/c1-3-10-13(11,12)9(2)7-5-4-6-8-9/h10H,3-8H2,1-2H3. The average molecular weight is 205 g/mol. The van der Waals surface area contributed by atoms with E-state index in [0.717, 1.165) is 25.7 Å². The van der Waals surface area contributed by atoms with Crippen molar-refractivity contribution < 1.29 is 8.42 Å². The maximum Gasteiger partial charge on any atom is 0.217 e. The lowest BCUT2D eigenvalue weighted by Gasteiger charge is -2.32. The fraction of sp³-hybridized carbons (Fsp3) is 1.00. The van der Waals surface area contributed by atoms with Gasteiger partial charge in [0, 0.05) is 6.54 Å². The molecule has 1 N–H and O–H groups in total. The highest BCUT2D eigenvalue weighted by Gasteiger charge is 2.39. The lowest BCUT2D eigenvalue weighted by atomic mass is 9.90. The highest BCUT2D eigenvalue weighted by Crippen LogP contribution is 2.33. The van der Waals surface area contributed by atoms with Crippen LogP contribution in [0.15, 0.2) is 0 Å². The van der Waals surface area contributed by atoms with Gasteiger partial charge in [0.25, 0.3) is 0 Å². The third-order valence-corrected chi connectivity index (χ3v) is 5.27. The lowest BCUT2D eigenvalue weighted by molar-refractivity contribution is 0.390. The molecule has 1 aliphatic rings. The van der Waals surface area contributed by atoms with Gasteiger partial charge in [-0.3, -0.25) is 0 Å².